The lowest BCUT2D eigenvalue weighted by molar-refractivity contribution is -0.137. The maximum atomic E-state index is 11.4. The summed E-state index contributed by atoms with van der Waals surface area (Å²) in [7, 11) is 0. The molecule has 1 rings (SSSR count). The molecular weight excluding hydrogens is 244 g/mol. The number of amides is 1. The van der Waals surface area contributed by atoms with Crippen LogP contribution < -0.4 is 5.32 Å². The quantitative estimate of drug-likeness (QED) is 0.509. The molecule has 0 heterocycles. The topological polar surface area (TPSA) is 79.2 Å². The monoisotopic (exact) mass is 258 g/mol. The van der Waals surface area contributed by atoms with E-state index in [1.54, 1.807) is 37.3 Å². The van der Waals surface area contributed by atoms with Gasteiger partial charge in [0.15, 0.2) is 0 Å². The minimum Gasteiger partial charge on any atom is -0.462 e. The van der Waals surface area contributed by atoms with E-state index in [9.17, 15) is 9.59 Å². The third-order valence-electron chi connectivity index (χ3n) is 2.16. The normalized spacial score (nSPS) is 10.5. The van der Waals surface area contributed by atoms with Gasteiger partial charge in [0, 0.05) is 12.6 Å². The molecule has 0 aliphatic rings. The Kier molecular flexibility index (Phi) is 5.30. The predicted octanol–water partition coefficient (Wildman–Crippen LogP) is 2.12. The fraction of sp³-hybridized carbons (Fsp3) is 0.214. The number of hydrogen-bond acceptors (Lipinski definition) is 4. The largest absolute Gasteiger partial charge is 0.462 e. The minimum absolute atomic E-state index is 0.0610. The van der Waals surface area contributed by atoms with E-state index >= 15 is 0 Å². The molecule has 1 aromatic carbocycles. The van der Waals surface area contributed by atoms with Crippen LogP contribution in [0.25, 0.3) is 6.08 Å². The van der Waals surface area contributed by atoms with E-state index in [-0.39, 0.29) is 18.1 Å². The van der Waals surface area contributed by atoms with Gasteiger partial charge in [-0.1, -0.05) is 12.1 Å². The second-order valence-electron chi connectivity index (χ2n) is 3.69. The van der Waals surface area contributed by atoms with Gasteiger partial charge < -0.3 is 10.1 Å². The van der Waals surface area contributed by atoms with Crippen molar-refractivity contribution in [1.82, 2.24) is 0 Å². The van der Waals surface area contributed by atoms with Crippen molar-refractivity contribution in [3.05, 3.63) is 35.4 Å². The van der Waals surface area contributed by atoms with E-state index in [0.29, 0.717) is 11.3 Å². The molecule has 1 amide bonds. The molecule has 0 atom stereocenters. The molecular formula is C14H14N2O3. The van der Waals surface area contributed by atoms with Crippen molar-refractivity contribution < 1.29 is 14.3 Å². The van der Waals surface area contributed by atoms with Gasteiger partial charge in [0.25, 0.3) is 0 Å². The number of ether oxygens (including phenoxy) is 1. The first-order valence-corrected chi connectivity index (χ1v) is 5.73. The SMILES string of the molecule is CCOC(=O)C(C#N)=Cc1ccc(NC(C)=O)cc1. The zero-order valence-corrected chi connectivity index (χ0v) is 10.8. The lowest BCUT2D eigenvalue weighted by Gasteiger charge is -2.03. The highest BCUT2D eigenvalue weighted by molar-refractivity contribution is 5.98. The van der Waals surface area contributed by atoms with Crippen LogP contribution in [0.4, 0.5) is 5.69 Å². The fourth-order valence-electron chi connectivity index (χ4n) is 1.38. The number of carbonyl (C=O) groups is 2. The lowest BCUT2D eigenvalue weighted by Crippen LogP contribution is -2.06. The van der Waals surface area contributed by atoms with E-state index < -0.39 is 5.97 Å². The third kappa shape index (κ3) is 4.64. The summed E-state index contributed by atoms with van der Waals surface area (Å²) in [5, 5.41) is 11.5. The molecule has 1 aromatic rings. The molecule has 0 aromatic heterocycles. The molecule has 5 nitrogen and oxygen atoms in total. The van der Waals surface area contributed by atoms with Gasteiger partial charge in [-0.3, -0.25) is 4.79 Å². The van der Waals surface area contributed by atoms with Gasteiger partial charge in [-0.25, -0.2) is 4.79 Å². The zero-order valence-electron chi connectivity index (χ0n) is 10.8. The van der Waals surface area contributed by atoms with Crippen LogP contribution in [0.3, 0.4) is 0 Å². The third-order valence-corrected chi connectivity index (χ3v) is 2.16. The standard InChI is InChI=1S/C14H14N2O3/c1-3-19-14(18)12(9-15)8-11-4-6-13(7-5-11)16-10(2)17/h4-8H,3H2,1-2H3,(H,16,17). The van der Waals surface area contributed by atoms with E-state index in [0.717, 1.165) is 0 Å². The van der Waals surface area contributed by atoms with Crippen molar-refractivity contribution in [1.29, 1.82) is 5.26 Å². The molecule has 0 bridgehead atoms. The van der Waals surface area contributed by atoms with Gasteiger partial charge in [-0.2, -0.15) is 5.26 Å². The number of nitrogens with zero attached hydrogens (tertiary/aromatic N) is 1. The first-order valence-electron chi connectivity index (χ1n) is 5.73. The number of hydrogen-bond donors (Lipinski definition) is 1. The zero-order chi connectivity index (χ0) is 14.3. The summed E-state index contributed by atoms with van der Waals surface area (Å²) in [5.41, 5.74) is 1.27. The summed E-state index contributed by atoms with van der Waals surface area (Å²) < 4.78 is 4.76. The van der Waals surface area contributed by atoms with Crippen LogP contribution in [0.2, 0.25) is 0 Å². The number of carbonyl (C=O) groups excluding carboxylic acids is 2. The van der Waals surface area contributed by atoms with Crippen LogP contribution in [0.1, 0.15) is 19.4 Å². The van der Waals surface area contributed by atoms with E-state index in [1.807, 2.05) is 0 Å². The average Bonchev–Trinajstić information content (AvgIpc) is 2.37. The van der Waals surface area contributed by atoms with E-state index in [4.69, 9.17) is 10.00 Å². The van der Waals surface area contributed by atoms with Gasteiger partial charge in [0.1, 0.15) is 11.6 Å². The van der Waals surface area contributed by atoms with Crippen LogP contribution in [-0.4, -0.2) is 18.5 Å². The van der Waals surface area contributed by atoms with Crippen LogP contribution in [0, 0.1) is 11.3 Å². The Balaban J connectivity index is 2.88. The maximum absolute atomic E-state index is 11.4. The van der Waals surface area contributed by atoms with Crippen molar-refractivity contribution in [3.8, 4) is 6.07 Å². The average molecular weight is 258 g/mol. The highest BCUT2D eigenvalue weighted by Gasteiger charge is 2.09. The smallest absolute Gasteiger partial charge is 0.348 e. The second kappa shape index (κ2) is 6.97. The van der Waals surface area contributed by atoms with Gasteiger partial charge in [-0.05, 0) is 30.7 Å². The van der Waals surface area contributed by atoms with E-state index in [2.05, 4.69) is 5.32 Å². The number of anilines is 1. The Morgan fingerprint density at radius 1 is 1.37 bits per heavy atom. The van der Waals surface area contributed by atoms with Gasteiger partial charge in [-0.15, -0.1) is 0 Å². The molecule has 0 saturated heterocycles. The van der Waals surface area contributed by atoms with Crippen molar-refractivity contribution in [3.63, 3.8) is 0 Å². The highest BCUT2D eigenvalue weighted by atomic mass is 16.5. The van der Waals surface area contributed by atoms with Crippen LogP contribution >= 0.6 is 0 Å². The van der Waals surface area contributed by atoms with Crippen LogP contribution in [-0.2, 0) is 14.3 Å². The van der Waals surface area contributed by atoms with Crippen molar-refractivity contribution in [2.45, 2.75) is 13.8 Å². The maximum Gasteiger partial charge on any atom is 0.348 e. The Labute approximate surface area is 111 Å². The van der Waals surface area contributed by atoms with Gasteiger partial charge in [0.05, 0.1) is 6.61 Å². The Bertz CT molecular complexity index is 539. The highest BCUT2D eigenvalue weighted by Crippen LogP contribution is 2.13. The summed E-state index contributed by atoms with van der Waals surface area (Å²) in [4.78, 5) is 22.3. The van der Waals surface area contributed by atoms with Crippen LogP contribution in [0.5, 0.6) is 0 Å². The van der Waals surface area contributed by atoms with Gasteiger partial charge >= 0.3 is 5.97 Å². The van der Waals surface area contributed by atoms with Crippen molar-refractivity contribution in [2.24, 2.45) is 0 Å². The number of nitriles is 1. The molecule has 0 fully saturated rings. The Hall–Kier alpha value is -2.61. The first-order chi connectivity index (χ1) is 9.06. The Morgan fingerprint density at radius 3 is 2.47 bits per heavy atom. The Morgan fingerprint density at radius 2 is 2.00 bits per heavy atom. The molecule has 0 spiro atoms. The molecule has 1 N–H and O–H groups in total. The molecule has 0 unspecified atom stereocenters. The molecule has 0 saturated carbocycles. The molecule has 19 heavy (non-hydrogen) atoms. The number of benzene rings is 1. The summed E-state index contributed by atoms with van der Waals surface area (Å²) in [6, 6.07) is 8.57. The van der Waals surface area contributed by atoms with Crippen molar-refractivity contribution in [2.75, 3.05) is 11.9 Å². The van der Waals surface area contributed by atoms with E-state index in [1.165, 1.54) is 13.0 Å². The molecule has 98 valence electrons. The number of rotatable bonds is 4. The fourth-order valence-corrected chi connectivity index (χ4v) is 1.38. The summed E-state index contributed by atoms with van der Waals surface area (Å²) in [5.74, 6) is -0.802. The number of esters is 1. The van der Waals surface area contributed by atoms with Gasteiger partial charge in [0.2, 0.25) is 5.91 Å². The summed E-state index contributed by atoms with van der Waals surface area (Å²) in [6.07, 6.45) is 1.44. The lowest BCUT2D eigenvalue weighted by atomic mass is 10.1. The number of nitrogens with one attached hydrogen (secondary N) is 1. The summed E-state index contributed by atoms with van der Waals surface area (Å²) >= 11 is 0. The molecule has 5 heteroatoms. The predicted molar refractivity (Wildman–Crippen MR) is 71.0 cm³/mol. The van der Waals surface area contributed by atoms with Crippen molar-refractivity contribution >= 4 is 23.6 Å². The minimum atomic E-state index is -0.643. The van der Waals surface area contributed by atoms with Crippen LogP contribution in [0.15, 0.2) is 29.8 Å². The molecule has 0 radical (unpaired) electrons. The first kappa shape index (κ1) is 14.5. The molecule has 0 aliphatic carbocycles. The summed E-state index contributed by atoms with van der Waals surface area (Å²) in [6.45, 7) is 3.32. The molecule has 0 aliphatic heterocycles. The second-order valence-corrected chi connectivity index (χ2v) is 3.69.